The van der Waals surface area contributed by atoms with Crippen molar-refractivity contribution in [3.05, 3.63) is 45.8 Å². The molecule has 0 atom stereocenters. The molecule has 0 aliphatic carbocycles. The highest BCUT2D eigenvalue weighted by atomic mass is 16.5. The number of fused-ring (bicyclic) bond motifs is 1. The molecule has 0 radical (unpaired) electrons. The summed E-state index contributed by atoms with van der Waals surface area (Å²) in [7, 11) is 0. The van der Waals surface area contributed by atoms with Gasteiger partial charge in [0.05, 0.1) is 24.2 Å². The van der Waals surface area contributed by atoms with E-state index in [1.807, 2.05) is 6.07 Å². The summed E-state index contributed by atoms with van der Waals surface area (Å²) in [6.07, 6.45) is 1.72. The molecule has 1 aromatic carbocycles. The Labute approximate surface area is 96.8 Å². The third kappa shape index (κ3) is 1.57. The van der Waals surface area contributed by atoms with E-state index in [0.29, 0.717) is 36.4 Å². The van der Waals surface area contributed by atoms with Crippen LogP contribution in [0.4, 0.5) is 0 Å². The van der Waals surface area contributed by atoms with E-state index in [9.17, 15) is 9.59 Å². The van der Waals surface area contributed by atoms with Crippen LogP contribution < -0.4 is 5.43 Å². The Balaban J connectivity index is 2.22. The molecule has 0 spiro atoms. The number of aldehydes is 1. The van der Waals surface area contributed by atoms with Gasteiger partial charge >= 0.3 is 0 Å². The Hall–Kier alpha value is -1.94. The van der Waals surface area contributed by atoms with Crippen molar-refractivity contribution in [1.29, 1.82) is 0 Å². The molecule has 4 nitrogen and oxygen atoms in total. The molecular formula is C13H10O4. The molecule has 3 rings (SSSR count). The molecule has 0 saturated carbocycles. The van der Waals surface area contributed by atoms with Gasteiger partial charge in [-0.05, 0) is 17.7 Å². The Morgan fingerprint density at radius 1 is 1.29 bits per heavy atom. The van der Waals surface area contributed by atoms with Crippen molar-refractivity contribution in [3.8, 4) is 0 Å². The lowest BCUT2D eigenvalue weighted by atomic mass is 9.96. The normalized spacial score (nSPS) is 15.8. The number of benzene rings is 1. The highest BCUT2D eigenvalue weighted by Crippen LogP contribution is 2.26. The fraction of sp³-hybridized carbons (Fsp3) is 0.231. The minimum Gasteiger partial charge on any atom is -0.463 e. The van der Waals surface area contributed by atoms with E-state index in [2.05, 4.69) is 0 Å². The van der Waals surface area contributed by atoms with Crippen molar-refractivity contribution in [1.82, 2.24) is 0 Å². The summed E-state index contributed by atoms with van der Waals surface area (Å²) < 4.78 is 10.4. The van der Waals surface area contributed by atoms with Crippen molar-refractivity contribution in [2.24, 2.45) is 0 Å². The first-order chi connectivity index (χ1) is 8.29. The van der Waals surface area contributed by atoms with Crippen LogP contribution in [-0.4, -0.2) is 19.5 Å². The van der Waals surface area contributed by atoms with E-state index in [0.717, 1.165) is 5.56 Å². The summed E-state index contributed by atoms with van der Waals surface area (Å²) in [4.78, 5) is 22.6. The maximum atomic E-state index is 11.9. The summed E-state index contributed by atoms with van der Waals surface area (Å²) in [5.41, 5.74) is 1.34. The molecule has 1 saturated heterocycles. The summed E-state index contributed by atoms with van der Waals surface area (Å²) in [5.74, 6) is 0.346. The first-order valence-electron chi connectivity index (χ1n) is 5.38. The quantitative estimate of drug-likeness (QED) is 0.737. The van der Waals surface area contributed by atoms with Gasteiger partial charge in [-0.25, -0.2) is 0 Å². The molecule has 0 unspecified atom stereocenters. The van der Waals surface area contributed by atoms with Crippen LogP contribution in [0, 0.1) is 0 Å². The van der Waals surface area contributed by atoms with Crippen molar-refractivity contribution >= 4 is 17.3 Å². The number of hydrogen-bond donors (Lipinski definition) is 0. The minimum absolute atomic E-state index is 0.0551. The average molecular weight is 230 g/mol. The molecule has 2 heterocycles. The maximum Gasteiger partial charge on any atom is 0.203 e. The minimum atomic E-state index is -0.275. The zero-order chi connectivity index (χ0) is 11.8. The predicted octanol–water partition coefficient (Wildman–Crippen LogP) is 1.72. The van der Waals surface area contributed by atoms with Crippen LogP contribution in [0.5, 0.6) is 0 Å². The van der Waals surface area contributed by atoms with Crippen molar-refractivity contribution < 1.29 is 13.9 Å². The van der Waals surface area contributed by atoms with Crippen molar-refractivity contribution in [3.63, 3.8) is 0 Å². The lowest BCUT2D eigenvalue weighted by molar-refractivity contribution is 0.00846. The van der Waals surface area contributed by atoms with Crippen molar-refractivity contribution in [2.45, 2.75) is 5.92 Å². The Kier molecular flexibility index (Phi) is 2.30. The third-order valence-corrected chi connectivity index (χ3v) is 3.06. The highest BCUT2D eigenvalue weighted by molar-refractivity contribution is 5.84. The smallest absolute Gasteiger partial charge is 0.203 e. The van der Waals surface area contributed by atoms with Crippen LogP contribution in [0.25, 0.3) is 11.0 Å². The summed E-state index contributed by atoms with van der Waals surface area (Å²) >= 11 is 0. The first-order valence-corrected chi connectivity index (χ1v) is 5.38. The number of ether oxygens (including phenoxy) is 1. The number of carbonyl (C=O) groups is 1. The molecule has 1 aliphatic heterocycles. The second-order valence-electron chi connectivity index (χ2n) is 4.13. The third-order valence-electron chi connectivity index (χ3n) is 3.06. The monoisotopic (exact) mass is 230 g/mol. The predicted molar refractivity (Wildman–Crippen MR) is 61.4 cm³/mol. The van der Waals surface area contributed by atoms with Gasteiger partial charge < -0.3 is 9.15 Å². The molecular weight excluding hydrogens is 220 g/mol. The van der Waals surface area contributed by atoms with E-state index < -0.39 is 0 Å². The lowest BCUT2D eigenvalue weighted by Crippen LogP contribution is -2.25. The van der Waals surface area contributed by atoms with E-state index in [1.54, 1.807) is 12.1 Å². The van der Waals surface area contributed by atoms with E-state index in [-0.39, 0.29) is 11.0 Å². The second kappa shape index (κ2) is 3.82. The number of carbonyl (C=O) groups excluding carboxylic acids is 1. The van der Waals surface area contributed by atoms with Gasteiger partial charge in [-0.15, -0.1) is 0 Å². The summed E-state index contributed by atoms with van der Waals surface area (Å²) in [6, 6.07) is 5.49. The zero-order valence-electron chi connectivity index (χ0n) is 9.01. The molecule has 0 amide bonds. The molecule has 1 aliphatic rings. The molecule has 2 aromatic rings. The Morgan fingerprint density at radius 3 is 2.76 bits per heavy atom. The fourth-order valence-corrected chi connectivity index (χ4v) is 1.93. The van der Waals surface area contributed by atoms with Gasteiger partial charge in [0.1, 0.15) is 11.8 Å². The van der Waals surface area contributed by atoms with Gasteiger partial charge in [-0.3, -0.25) is 9.59 Å². The van der Waals surface area contributed by atoms with Gasteiger partial charge in [0.2, 0.25) is 5.43 Å². The SMILES string of the molecule is O=Cc1coc2ccc(C3COC3)cc2c1=O. The van der Waals surface area contributed by atoms with Gasteiger partial charge in [-0.2, -0.15) is 0 Å². The van der Waals surface area contributed by atoms with Crippen LogP contribution in [0.2, 0.25) is 0 Å². The summed E-state index contributed by atoms with van der Waals surface area (Å²) in [5, 5.41) is 0.457. The lowest BCUT2D eigenvalue weighted by Gasteiger charge is -2.26. The Morgan fingerprint density at radius 2 is 2.12 bits per heavy atom. The second-order valence-corrected chi connectivity index (χ2v) is 4.13. The van der Waals surface area contributed by atoms with Crippen LogP contribution in [0.1, 0.15) is 21.8 Å². The average Bonchev–Trinajstić information content (AvgIpc) is 2.28. The molecule has 4 heteroatoms. The van der Waals surface area contributed by atoms with E-state index in [1.165, 1.54) is 6.26 Å². The molecule has 0 N–H and O–H groups in total. The van der Waals surface area contributed by atoms with Gasteiger partial charge in [0.15, 0.2) is 6.29 Å². The largest absolute Gasteiger partial charge is 0.463 e. The molecule has 17 heavy (non-hydrogen) atoms. The van der Waals surface area contributed by atoms with Gasteiger partial charge in [-0.1, -0.05) is 6.07 Å². The van der Waals surface area contributed by atoms with Crippen LogP contribution in [-0.2, 0) is 4.74 Å². The van der Waals surface area contributed by atoms with E-state index in [4.69, 9.17) is 9.15 Å². The fourth-order valence-electron chi connectivity index (χ4n) is 1.93. The number of rotatable bonds is 2. The van der Waals surface area contributed by atoms with E-state index >= 15 is 0 Å². The van der Waals surface area contributed by atoms with Gasteiger partial charge in [0.25, 0.3) is 0 Å². The highest BCUT2D eigenvalue weighted by Gasteiger charge is 2.21. The van der Waals surface area contributed by atoms with Gasteiger partial charge in [0, 0.05) is 5.92 Å². The zero-order valence-corrected chi connectivity index (χ0v) is 9.01. The Bertz CT molecular complexity index is 637. The number of hydrogen-bond acceptors (Lipinski definition) is 4. The standard InChI is InChI=1S/C13H10O4/c14-4-9-7-17-12-2-1-8(10-5-16-6-10)3-11(12)13(9)15/h1-4,7,10H,5-6H2. The molecule has 0 bridgehead atoms. The first kappa shape index (κ1) is 10.2. The summed E-state index contributed by atoms with van der Waals surface area (Å²) in [6.45, 7) is 1.37. The van der Waals surface area contributed by atoms with Crippen LogP contribution in [0.15, 0.2) is 33.7 Å². The maximum absolute atomic E-state index is 11.9. The molecule has 1 fully saturated rings. The topological polar surface area (TPSA) is 56.5 Å². The molecule has 1 aromatic heterocycles. The van der Waals surface area contributed by atoms with Crippen molar-refractivity contribution in [2.75, 3.05) is 13.2 Å². The molecule has 86 valence electrons. The van der Waals surface area contributed by atoms with Crippen LogP contribution in [0.3, 0.4) is 0 Å². The van der Waals surface area contributed by atoms with Crippen LogP contribution >= 0.6 is 0 Å².